The lowest BCUT2D eigenvalue weighted by Crippen LogP contribution is -2.11. The molecule has 1 atom stereocenters. The Morgan fingerprint density at radius 1 is 1.11 bits per heavy atom. The maximum Gasteiger partial charge on any atom is 0.293 e. The molecule has 134 valence electrons. The van der Waals surface area contributed by atoms with E-state index in [1.807, 2.05) is 49.4 Å². The van der Waals surface area contributed by atoms with Crippen LogP contribution in [0.2, 0.25) is 0 Å². The fourth-order valence-corrected chi connectivity index (χ4v) is 3.31. The van der Waals surface area contributed by atoms with Gasteiger partial charge in [0.1, 0.15) is 5.69 Å². The van der Waals surface area contributed by atoms with Crippen molar-refractivity contribution in [2.75, 3.05) is 5.32 Å². The molecule has 0 amide bonds. The number of nitrogens with zero attached hydrogens (tertiary/aromatic N) is 2. The molecule has 3 aromatic carbocycles. The maximum atomic E-state index is 11.9. The molecule has 0 saturated carbocycles. The summed E-state index contributed by atoms with van der Waals surface area (Å²) < 4.78 is 0. The Kier molecular flexibility index (Phi) is 4.04. The minimum absolute atomic E-state index is 0.159. The molecule has 0 aliphatic carbocycles. The minimum atomic E-state index is -0.496. The summed E-state index contributed by atoms with van der Waals surface area (Å²) in [6.07, 6.45) is 1.29. The molecule has 27 heavy (non-hydrogen) atoms. The lowest BCUT2D eigenvalue weighted by molar-refractivity contribution is -0.383. The SMILES string of the molecule is CC(Nc1cc2nc[nH]c(=O)c2cc1[N+](=O)[O-])c1cccc2ccccc12. The van der Waals surface area contributed by atoms with Crippen LogP contribution in [0, 0.1) is 10.1 Å². The molecule has 1 unspecified atom stereocenters. The predicted molar refractivity (Wildman–Crippen MR) is 105 cm³/mol. The van der Waals surface area contributed by atoms with Gasteiger partial charge >= 0.3 is 0 Å². The van der Waals surface area contributed by atoms with E-state index in [0.717, 1.165) is 16.3 Å². The first kappa shape index (κ1) is 16.7. The second kappa shape index (κ2) is 6.53. The van der Waals surface area contributed by atoms with Gasteiger partial charge in [0.05, 0.1) is 22.2 Å². The molecular weight excluding hydrogens is 344 g/mol. The van der Waals surface area contributed by atoms with Crippen LogP contribution >= 0.6 is 0 Å². The monoisotopic (exact) mass is 360 g/mol. The van der Waals surface area contributed by atoms with Gasteiger partial charge in [-0.25, -0.2) is 4.98 Å². The topological polar surface area (TPSA) is 101 Å². The Morgan fingerprint density at radius 2 is 1.89 bits per heavy atom. The number of rotatable bonds is 4. The zero-order valence-electron chi connectivity index (χ0n) is 14.5. The number of nitro groups is 1. The second-order valence-corrected chi connectivity index (χ2v) is 6.31. The van der Waals surface area contributed by atoms with Crippen LogP contribution in [0.1, 0.15) is 18.5 Å². The van der Waals surface area contributed by atoms with Gasteiger partial charge < -0.3 is 10.3 Å². The minimum Gasteiger partial charge on any atom is -0.373 e. The first-order chi connectivity index (χ1) is 13.0. The van der Waals surface area contributed by atoms with Gasteiger partial charge in [-0.1, -0.05) is 42.5 Å². The standard InChI is InChI=1S/C20H16N4O3/c1-12(14-8-4-6-13-5-2-3-7-15(13)14)23-18-10-17-16(9-19(18)24(26)27)20(25)22-11-21-17/h2-12,23H,1H3,(H,21,22,25). The number of fused-ring (bicyclic) bond motifs is 2. The van der Waals surface area contributed by atoms with Crippen molar-refractivity contribution in [2.45, 2.75) is 13.0 Å². The molecule has 4 aromatic rings. The molecule has 0 aliphatic rings. The first-order valence-corrected chi connectivity index (χ1v) is 8.44. The van der Waals surface area contributed by atoms with Crippen molar-refractivity contribution in [1.82, 2.24) is 9.97 Å². The summed E-state index contributed by atoms with van der Waals surface area (Å²) in [5.74, 6) is 0. The largest absolute Gasteiger partial charge is 0.373 e. The van der Waals surface area contributed by atoms with Gasteiger partial charge in [-0.3, -0.25) is 14.9 Å². The van der Waals surface area contributed by atoms with Crippen molar-refractivity contribution in [3.8, 4) is 0 Å². The highest BCUT2D eigenvalue weighted by molar-refractivity contribution is 5.88. The van der Waals surface area contributed by atoms with Gasteiger partial charge in [0.25, 0.3) is 11.2 Å². The zero-order valence-corrected chi connectivity index (χ0v) is 14.5. The number of aromatic amines is 1. The summed E-state index contributed by atoms with van der Waals surface area (Å²) >= 11 is 0. The molecule has 2 N–H and O–H groups in total. The van der Waals surface area contributed by atoms with Gasteiger partial charge in [-0.2, -0.15) is 0 Å². The van der Waals surface area contributed by atoms with Crippen LogP contribution < -0.4 is 10.9 Å². The Labute approximate surface area is 153 Å². The molecule has 0 saturated heterocycles. The molecule has 0 fully saturated rings. The molecule has 7 nitrogen and oxygen atoms in total. The van der Waals surface area contributed by atoms with E-state index in [4.69, 9.17) is 0 Å². The van der Waals surface area contributed by atoms with Crippen molar-refractivity contribution in [3.05, 3.63) is 87.0 Å². The Balaban J connectivity index is 1.81. The zero-order chi connectivity index (χ0) is 19.0. The van der Waals surface area contributed by atoms with Crippen molar-refractivity contribution >= 4 is 33.1 Å². The third-order valence-electron chi connectivity index (χ3n) is 4.62. The smallest absolute Gasteiger partial charge is 0.293 e. The first-order valence-electron chi connectivity index (χ1n) is 8.44. The van der Waals surface area contributed by atoms with Crippen LogP contribution in [0.5, 0.6) is 0 Å². The van der Waals surface area contributed by atoms with Crippen LogP contribution in [-0.2, 0) is 0 Å². The van der Waals surface area contributed by atoms with E-state index < -0.39 is 10.5 Å². The quantitative estimate of drug-likeness (QED) is 0.420. The van der Waals surface area contributed by atoms with Crippen LogP contribution in [0.25, 0.3) is 21.7 Å². The highest BCUT2D eigenvalue weighted by atomic mass is 16.6. The van der Waals surface area contributed by atoms with Gasteiger partial charge in [0.15, 0.2) is 0 Å². The number of nitrogens with one attached hydrogen (secondary N) is 2. The summed E-state index contributed by atoms with van der Waals surface area (Å²) in [4.78, 5) is 29.5. The van der Waals surface area contributed by atoms with E-state index in [0.29, 0.717) is 11.2 Å². The average molecular weight is 360 g/mol. The Bertz CT molecular complexity index is 1230. The second-order valence-electron chi connectivity index (χ2n) is 6.31. The highest BCUT2D eigenvalue weighted by Gasteiger charge is 2.19. The van der Waals surface area contributed by atoms with Crippen molar-refractivity contribution in [3.63, 3.8) is 0 Å². The summed E-state index contributed by atoms with van der Waals surface area (Å²) in [6.45, 7) is 1.95. The van der Waals surface area contributed by atoms with E-state index in [1.54, 1.807) is 6.07 Å². The molecular formula is C20H16N4O3. The maximum absolute atomic E-state index is 11.9. The third-order valence-corrected chi connectivity index (χ3v) is 4.62. The molecule has 0 aliphatic heterocycles. The fourth-order valence-electron chi connectivity index (χ4n) is 3.31. The number of aromatic nitrogens is 2. The third kappa shape index (κ3) is 2.99. The van der Waals surface area contributed by atoms with Crippen molar-refractivity contribution in [1.29, 1.82) is 0 Å². The van der Waals surface area contributed by atoms with E-state index >= 15 is 0 Å². The molecule has 4 rings (SSSR count). The number of anilines is 1. The van der Waals surface area contributed by atoms with Gasteiger partial charge in [0.2, 0.25) is 0 Å². The molecule has 1 heterocycles. The number of benzene rings is 3. The molecule has 0 spiro atoms. The Hall–Kier alpha value is -3.74. The highest BCUT2D eigenvalue weighted by Crippen LogP contribution is 2.32. The van der Waals surface area contributed by atoms with Crippen LogP contribution in [0.4, 0.5) is 11.4 Å². The van der Waals surface area contributed by atoms with Crippen molar-refractivity contribution in [2.24, 2.45) is 0 Å². The van der Waals surface area contributed by atoms with Gasteiger partial charge in [0, 0.05) is 12.1 Å². The van der Waals surface area contributed by atoms with Crippen LogP contribution in [0.3, 0.4) is 0 Å². The predicted octanol–water partition coefficient (Wildman–Crippen LogP) is 4.16. The van der Waals surface area contributed by atoms with Crippen molar-refractivity contribution < 1.29 is 4.92 Å². The van der Waals surface area contributed by atoms with E-state index in [-0.39, 0.29) is 17.1 Å². The summed E-state index contributed by atoms with van der Waals surface area (Å²) in [5.41, 5.74) is 1.19. The van der Waals surface area contributed by atoms with Gasteiger partial charge in [-0.15, -0.1) is 0 Å². The molecule has 0 bridgehead atoms. The molecule has 7 heteroatoms. The van der Waals surface area contributed by atoms with Gasteiger partial charge in [-0.05, 0) is 29.3 Å². The number of H-pyrrole nitrogens is 1. The lowest BCUT2D eigenvalue weighted by Gasteiger charge is -2.18. The number of hydrogen-bond acceptors (Lipinski definition) is 5. The van der Waals surface area contributed by atoms with Crippen LogP contribution in [0.15, 0.2) is 65.7 Å². The molecule has 1 aromatic heterocycles. The van der Waals surface area contributed by atoms with E-state index in [9.17, 15) is 14.9 Å². The summed E-state index contributed by atoms with van der Waals surface area (Å²) in [7, 11) is 0. The van der Waals surface area contributed by atoms with E-state index in [1.165, 1.54) is 12.4 Å². The summed E-state index contributed by atoms with van der Waals surface area (Å²) in [5, 5.41) is 17.1. The summed E-state index contributed by atoms with van der Waals surface area (Å²) in [6, 6.07) is 16.6. The average Bonchev–Trinajstić information content (AvgIpc) is 2.67. The van der Waals surface area contributed by atoms with Crippen LogP contribution in [-0.4, -0.2) is 14.9 Å². The number of hydrogen-bond donors (Lipinski definition) is 2. The Morgan fingerprint density at radius 3 is 2.70 bits per heavy atom. The fraction of sp³-hybridized carbons (Fsp3) is 0.100. The van der Waals surface area contributed by atoms with E-state index in [2.05, 4.69) is 15.3 Å². The number of nitro benzene ring substituents is 1. The lowest BCUT2D eigenvalue weighted by atomic mass is 9.99. The molecule has 0 radical (unpaired) electrons. The normalized spacial score (nSPS) is 12.2.